The van der Waals surface area contributed by atoms with Crippen molar-refractivity contribution in [2.45, 2.75) is 6.43 Å². The summed E-state index contributed by atoms with van der Waals surface area (Å²) in [6, 6.07) is 0.727. The maximum atomic E-state index is 12.4. The van der Waals surface area contributed by atoms with E-state index in [-0.39, 0.29) is 5.69 Å². The van der Waals surface area contributed by atoms with Gasteiger partial charge in [-0.05, 0) is 6.07 Å². The fraction of sp³-hybridized carbons (Fsp3) is 0.250. The van der Waals surface area contributed by atoms with E-state index in [1.807, 2.05) is 0 Å². The molecule has 1 amide bonds. The summed E-state index contributed by atoms with van der Waals surface area (Å²) in [4.78, 5) is 14.2. The van der Waals surface area contributed by atoms with Gasteiger partial charge in [0.1, 0.15) is 5.69 Å². The highest BCUT2D eigenvalue weighted by atomic mass is 19.3. The number of carbonyl (C=O) groups excluding carboxylic acids is 1. The molecule has 0 saturated carbocycles. The van der Waals surface area contributed by atoms with Crippen LogP contribution in [0.15, 0.2) is 6.07 Å². The number of halogens is 2. The first-order valence-corrected chi connectivity index (χ1v) is 3.83. The molecule has 0 radical (unpaired) electrons. The number of rotatable bonds is 3. The Bertz CT molecular complexity index is 396. The van der Waals surface area contributed by atoms with Gasteiger partial charge in [-0.3, -0.25) is 4.79 Å². The summed E-state index contributed by atoms with van der Waals surface area (Å²) < 4.78 is 29.3. The SMILES string of the molecule is COc1nc(C(N)=O)cc(C(F)F)c1O. The van der Waals surface area contributed by atoms with E-state index in [0.717, 1.165) is 13.2 Å². The lowest BCUT2D eigenvalue weighted by Crippen LogP contribution is -2.14. The fourth-order valence-electron chi connectivity index (χ4n) is 0.969. The Morgan fingerprint density at radius 2 is 2.27 bits per heavy atom. The van der Waals surface area contributed by atoms with E-state index >= 15 is 0 Å². The van der Waals surface area contributed by atoms with Crippen LogP contribution in [0.5, 0.6) is 11.6 Å². The molecule has 0 aromatic carbocycles. The second-order valence-electron chi connectivity index (χ2n) is 2.62. The molecule has 1 aromatic rings. The average molecular weight is 218 g/mol. The quantitative estimate of drug-likeness (QED) is 0.786. The van der Waals surface area contributed by atoms with Gasteiger partial charge in [0.15, 0.2) is 5.75 Å². The molecule has 7 heteroatoms. The molecule has 0 fully saturated rings. The molecular formula is C8H8F2N2O3. The minimum atomic E-state index is -2.94. The molecule has 0 unspecified atom stereocenters. The van der Waals surface area contributed by atoms with Gasteiger partial charge in [-0.15, -0.1) is 0 Å². The lowest BCUT2D eigenvalue weighted by molar-refractivity contribution is 0.0993. The number of pyridine rings is 1. The van der Waals surface area contributed by atoms with Gasteiger partial charge in [-0.2, -0.15) is 0 Å². The van der Waals surface area contributed by atoms with Gasteiger partial charge in [-0.1, -0.05) is 0 Å². The number of alkyl halides is 2. The predicted molar refractivity (Wildman–Crippen MR) is 45.9 cm³/mol. The third kappa shape index (κ3) is 2.12. The first kappa shape index (κ1) is 11.2. The highest BCUT2D eigenvalue weighted by Gasteiger charge is 2.21. The van der Waals surface area contributed by atoms with E-state index in [4.69, 9.17) is 5.73 Å². The van der Waals surface area contributed by atoms with Crippen LogP contribution in [-0.4, -0.2) is 23.1 Å². The first-order chi connectivity index (χ1) is 6.97. The molecule has 82 valence electrons. The van der Waals surface area contributed by atoms with Gasteiger partial charge in [0.2, 0.25) is 0 Å². The van der Waals surface area contributed by atoms with Crippen molar-refractivity contribution in [3.8, 4) is 11.6 Å². The largest absolute Gasteiger partial charge is 0.503 e. The number of amides is 1. The summed E-state index contributed by atoms with van der Waals surface area (Å²) in [6.45, 7) is 0. The smallest absolute Gasteiger partial charge is 0.267 e. The van der Waals surface area contributed by atoms with E-state index in [1.165, 1.54) is 0 Å². The number of nitrogens with zero attached hydrogens (tertiary/aromatic N) is 1. The Labute approximate surface area is 83.5 Å². The number of primary amides is 1. The molecule has 1 rings (SSSR count). The van der Waals surface area contributed by atoms with Gasteiger partial charge in [-0.25, -0.2) is 13.8 Å². The average Bonchev–Trinajstić information content (AvgIpc) is 2.17. The Kier molecular flexibility index (Phi) is 3.03. The molecule has 0 saturated heterocycles. The Balaban J connectivity index is 3.38. The van der Waals surface area contributed by atoms with Crippen molar-refractivity contribution in [3.63, 3.8) is 0 Å². The van der Waals surface area contributed by atoms with Gasteiger partial charge < -0.3 is 15.6 Å². The number of nitrogens with two attached hydrogens (primary N) is 1. The Morgan fingerprint density at radius 3 is 2.67 bits per heavy atom. The van der Waals surface area contributed by atoms with Crippen LogP contribution in [0.2, 0.25) is 0 Å². The topological polar surface area (TPSA) is 85.4 Å². The van der Waals surface area contributed by atoms with Crippen LogP contribution in [0.1, 0.15) is 22.5 Å². The van der Waals surface area contributed by atoms with E-state index in [0.29, 0.717) is 0 Å². The molecule has 15 heavy (non-hydrogen) atoms. The third-order valence-corrected chi connectivity index (χ3v) is 1.67. The summed E-state index contributed by atoms with van der Waals surface area (Å²) in [6.07, 6.45) is -2.94. The monoisotopic (exact) mass is 218 g/mol. The van der Waals surface area contributed by atoms with E-state index in [2.05, 4.69) is 9.72 Å². The van der Waals surface area contributed by atoms with Gasteiger partial charge in [0, 0.05) is 0 Å². The summed E-state index contributed by atoms with van der Waals surface area (Å²) in [5, 5.41) is 9.25. The molecular weight excluding hydrogens is 210 g/mol. The summed E-state index contributed by atoms with van der Waals surface area (Å²) in [5.74, 6) is -2.23. The van der Waals surface area contributed by atoms with Crippen LogP contribution in [0, 0.1) is 0 Å². The van der Waals surface area contributed by atoms with E-state index in [9.17, 15) is 18.7 Å². The fourth-order valence-corrected chi connectivity index (χ4v) is 0.969. The lowest BCUT2D eigenvalue weighted by atomic mass is 10.2. The maximum absolute atomic E-state index is 12.4. The molecule has 0 atom stereocenters. The van der Waals surface area contributed by atoms with Crippen molar-refractivity contribution in [1.29, 1.82) is 0 Å². The van der Waals surface area contributed by atoms with E-state index < -0.39 is 29.5 Å². The molecule has 1 heterocycles. The molecule has 0 aliphatic rings. The zero-order valence-electron chi connectivity index (χ0n) is 7.70. The Morgan fingerprint density at radius 1 is 1.67 bits per heavy atom. The zero-order valence-corrected chi connectivity index (χ0v) is 7.70. The van der Waals surface area contributed by atoms with Crippen molar-refractivity contribution in [1.82, 2.24) is 4.98 Å². The van der Waals surface area contributed by atoms with Crippen LogP contribution in [0.3, 0.4) is 0 Å². The number of carbonyl (C=O) groups is 1. The van der Waals surface area contributed by atoms with Crippen molar-refractivity contribution in [3.05, 3.63) is 17.3 Å². The number of methoxy groups -OCH3 is 1. The van der Waals surface area contributed by atoms with Gasteiger partial charge in [0.25, 0.3) is 18.2 Å². The molecule has 3 N–H and O–H groups in total. The van der Waals surface area contributed by atoms with Crippen molar-refractivity contribution in [2.75, 3.05) is 7.11 Å². The van der Waals surface area contributed by atoms with Gasteiger partial charge in [0.05, 0.1) is 12.7 Å². The van der Waals surface area contributed by atoms with Crippen LogP contribution in [0.4, 0.5) is 8.78 Å². The first-order valence-electron chi connectivity index (χ1n) is 3.83. The second-order valence-corrected chi connectivity index (χ2v) is 2.62. The molecule has 0 aliphatic carbocycles. The minimum Gasteiger partial charge on any atom is -0.503 e. The lowest BCUT2D eigenvalue weighted by Gasteiger charge is -2.08. The Hall–Kier alpha value is -1.92. The molecule has 0 aliphatic heterocycles. The number of ether oxygens (including phenoxy) is 1. The summed E-state index contributed by atoms with van der Waals surface area (Å²) in [5.41, 5.74) is 3.74. The van der Waals surface area contributed by atoms with Crippen LogP contribution in [0.25, 0.3) is 0 Å². The molecule has 5 nitrogen and oxygen atoms in total. The number of hydrogen-bond acceptors (Lipinski definition) is 4. The van der Waals surface area contributed by atoms with E-state index in [1.54, 1.807) is 0 Å². The van der Waals surface area contributed by atoms with Gasteiger partial charge >= 0.3 is 0 Å². The van der Waals surface area contributed by atoms with Crippen LogP contribution >= 0.6 is 0 Å². The summed E-state index contributed by atoms with van der Waals surface area (Å²) >= 11 is 0. The minimum absolute atomic E-state index is 0.389. The third-order valence-electron chi connectivity index (χ3n) is 1.67. The highest BCUT2D eigenvalue weighted by molar-refractivity contribution is 5.91. The molecule has 0 spiro atoms. The normalized spacial score (nSPS) is 10.4. The second kappa shape index (κ2) is 4.07. The van der Waals surface area contributed by atoms with Crippen LogP contribution in [-0.2, 0) is 0 Å². The predicted octanol–water partition coefficient (Wildman–Crippen LogP) is 0.832. The summed E-state index contributed by atoms with van der Waals surface area (Å²) in [7, 11) is 1.13. The molecule has 1 aromatic heterocycles. The zero-order chi connectivity index (χ0) is 11.6. The van der Waals surface area contributed by atoms with Crippen molar-refractivity contribution >= 4 is 5.91 Å². The van der Waals surface area contributed by atoms with Crippen molar-refractivity contribution < 1.29 is 23.4 Å². The molecule has 0 bridgehead atoms. The number of aromatic nitrogens is 1. The van der Waals surface area contributed by atoms with Crippen molar-refractivity contribution in [2.24, 2.45) is 5.73 Å². The standard InChI is InChI=1S/C8H8F2N2O3/c1-15-8-5(13)3(6(9)10)2-4(12-8)7(11)14/h2,6,13H,1H3,(H2,11,14). The number of hydrogen-bond donors (Lipinski definition) is 2. The highest BCUT2D eigenvalue weighted by Crippen LogP contribution is 2.34. The van der Waals surface area contributed by atoms with Crippen LogP contribution < -0.4 is 10.5 Å². The number of aromatic hydroxyl groups is 1. The maximum Gasteiger partial charge on any atom is 0.267 e.